The van der Waals surface area contributed by atoms with E-state index in [-0.39, 0.29) is 18.1 Å². The lowest BCUT2D eigenvalue weighted by molar-refractivity contribution is -0.137. The summed E-state index contributed by atoms with van der Waals surface area (Å²) < 4.78 is 73.7. The van der Waals surface area contributed by atoms with Gasteiger partial charge in [0.05, 0.1) is 39.1 Å². The molecule has 4 aromatic carbocycles. The molecule has 0 saturated carbocycles. The van der Waals surface area contributed by atoms with E-state index in [4.69, 9.17) is 0 Å². The van der Waals surface area contributed by atoms with Crippen LogP contribution in [0.5, 0.6) is 0 Å². The Hall–Kier alpha value is -4.86. The lowest BCUT2D eigenvalue weighted by Gasteiger charge is -2.20. The maximum absolute atomic E-state index is 13.9. The fourth-order valence-electron chi connectivity index (χ4n) is 5.59. The van der Waals surface area contributed by atoms with Crippen LogP contribution in [-0.4, -0.2) is 22.6 Å². The van der Waals surface area contributed by atoms with Crippen molar-refractivity contribution < 1.29 is 35.9 Å². The number of anilines is 1. The van der Waals surface area contributed by atoms with E-state index in [1.54, 1.807) is 34.9 Å². The SMILES string of the molecule is C=C(C)C.CC(F)(F)F.Cc1cc(C)c(N2C(=O)c3cccc(-n4c5ccccc5c5ccc(C(F)(F)F)cc54)c3C2=O)c(C)c1. The van der Waals surface area contributed by atoms with Gasteiger partial charge in [-0.05, 0) is 76.1 Å². The first kappa shape index (κ1) is 34.0. The predicted molar refractivity (Wildman–Crippen MR) is 170 cm³/mol. The van der Waals surface area contributed by atoms with Crippen LogP contribution >= 0.6 is 0 Å². The zero-order valence-electron chi connectivity index (χ0n) is 26.1. The van der Waals surface area contributed by atoms with E-state index in [1.807, 2.05) is 58.9 Å². The molecule has 1 aliphatic rings. The van der Waals surface area contributed by atoms with E-state index in [9.17, 15) is 35.9 Å². The highest BCUT2D eigenvalue weighted by atomic mass is 19.4. The Bertz CT molecular complexity index is 1970. The molecule has 6 rings (SSSR count). The molecule has 0 bridgehead atoms. The molecule has 0 fully saturated rings. The number of aromatic nitrogens is 1. The average molecular weight is 639 g/mol. The van der Waals surface area contributed by atoms with Crippen LogP contribution in [0.2, 0.25) is 0 Å². The van der Waals surface area contributed by atoms with Gasteiger partial charge in [0.1, 0.15) is 0 Å². The number of para-hydroxylation sites is 1. The number of amides is 2. The van der Waals surface area contributed by atoms with Crippen molar-refractivity contribution in [3.63, 3.8) is 0 Å². The number of fused-ring (bicyclic) bond motifs is 4. The van der Waals surface area contributed by atoms with Gasteiger partial charge in [0, 0.05) is 17.7 Å². The summed E-state index contributed by atoms with van der Waals surface area (Å²) in [4.78, 5) is 28.7. The fraction of sp³-hybridized carbons (Fsp3) is 0.222. The summed E-state index contributed by atoms with van der Waals surface area (Å²) in [6.45, 7) is 13.3. The zero-order chi connectivity index (χ0) is 34.3. The quantitative estimate of drug-likeness (QED) is 0.110. The number of carbonyl (C=O) groups excluding carboxylic acids is 2. The van der Waals surface area contributed by atoms with Crippen molar-refractivity contribution in [1.29, 1.82) is 0 Å². The van der Waals surface area contributed by atoms with Crippen molar-refractivity contribution >= 4 is 39.3 Å². The summed E-state index contributed by atoms with van der Waals surface area (Å²) in [5.41, 5.74) is 5.23. The van der Waals surface area contributed by atoms with E-state index < -0.39 is 29.7 Å². The molecular formula is C36H32F6N2O2. The number of hydrogen-bond donors (Lipinski definition) is 0. The first-order valence-corrected chi connectivity index (χ1v) is 14.2. The van der Waals surface area contributed by atoms with Gasteiger partial charge in [0.25, 0.3) is 11.8 Å². The lowest BCUT2D eigenvalue weighted by Crippen LogP contribution is -2.31. The van der Waals surface area contributed by atoms with Crippen LogP contribution < -0.4 is 4.90 Å². The van der Waals surface area contributed by atoms with E-state index >= 15 is 0 Å². The summed E-state index contributed by atoms with van der Waals surface area (Å²) >= 11 is 0. The molecule has 0 atom stereocenters. The topological polar surface area (TPSA) is 42.3 Å². The number of aryl methyl sites for hydroxylation is 3. The third-order valence-corrected chi connectivity index (χ3v) is 6.99. The molecule has 240 valence electrons. The second-order valence-corrected chi connectivity index (χ2v) is 11.5. The van der Waals surface area contributed by atoms with E-state index in [1.165, 1.54) is 16.5 Å². The van der Waals surface area contributed by atoms with Crippen molar-refractivity contribution in [1.82, 2.24) is 4.57 Å². The number of halogens is 6. The van der Waals surface area contributed by atoms with Gasteiger partial charge in [0.15, 0.2) is 0 Å². The number of imide groups is 1. The van der Waals surface area contributed by atoms with Crippen LogP contribution in [0, 0.1) is 20.8 Å². The average Bonchev–Trinajstić information content (AvgIpc) is 3.38. The van der Waals surface area contributed by atoms with Gasteiger partial charge in [0.2, 0.25) is 0 Å². The standard InChI is InChI=1S/C30H21F3N2O2.C4H8.C2H3F3/c1-16-13-17(2)27(18(3)14-16)35-28(36)22-8-6-10-24(26(22)29(35)37)34-23-9-5-4-7-20(23)21-12-11-19(15-25(21)34)30(31,32)33;1-4(2)3;1-2(3,4)5/h4-15H,1-3H3;1H2,2-3H3;1H3. The van der Waals surface area contributed by atoms with Crippen molar-refractivity contribution in [3.8, 4) is 5.69 Å². The molecule has 2 heterocycles. The summed E-state index contributed by atoms with van der Waals surface area (Å²) in [7, 11) is 0. The second kappa shape index (κ2) is 12.5. The lowest BCUT2D eigenvalue weighted by atomic mass is 10.0. The Balaban J connectivity index is 0.000000474. The number of allylic oxidation sites excluding steroid dienone is 1. The van der Waals surface area contributed by atoms with Crippen molar-refractivity contribution in [3.05, 3.63) is 118 Å². The van der Waals surface area contributed by atoms with E-state index in [0.717, 1.165) is 34.2 Å². The predicted octanol–water partition coefficient (Wildman–Crippen LogP) is 10.7. The molecule has 0 N–H and O–H groups in total. The van der Waals surface area contributed by atoms with Gasteiger partial charge in [-0.25, -0.2) is 4.90 Å². The van der Waals surface area contributed by atoms with E-state index in [2.05, 4.69) is 6.58 Å². The molecule has 10 heteroatoms. The van der Waals surface area contributed by atoms with Crippen LogP contribution in [0.4, 0.5) is 32.0 Å². The molecule has 0 aliphatic carbocycles. The minimum Gasteiger partial charge on any atom is -0.308 e. The number of carbonyl (C=O) groups is 2. The normalized spacial score (nSPS) is 12.9. The maximum Gasteiger partial charge on any atom is 0.416 e. The maximum atomic E-state index is 13.9. The highest BCUT2D eigenvalue weighted by Gasteiger charge is 2.40. The number of hydrogen-bond acceptors (Lipinski definition) is 2. The molecule has 1 aliphatic heterocycles. The zero-order valence-corrected chi connectivity index (χ0v) is 26.1. The Labute approximate surface area is 262 Å². The first-order chi connectivity index (χ1) is 21.3. The summed E-state index contributed by atoms with van der Waals surface area (Å²) in [5, 5.41) is 1.38. The van der Waals surface area contributed by atoms with Gasteiger partial charge >= 0.3 is 12.4 Å². The van der Waals surface area contributed by atoms with Gasteiger partial charge in [-0.15, -0.1) is 6.58 Å². The number of alkyl halides is 6. The smallest absolute Gasteiger partial charge is 0.308 e. The summed E-state index contributed by atoms with van der Waals surface area (Å²) in [6, 6.07) is 19.6. The van der Waals surface area contributed by atoms with Crippen molar-refractivity contribution in [2.24, 2.45) is 0 Å². The Kier molecular flexibility index (Phi) is 9.24. The van der Waals surface area contributed by atoms with Crippen LogP contribution in [0.15, 0.2) is 84.9 Å². The molecule has 5 aromatic rings. The highest BCUT2D eigenvalue weighted by Crippen LogP contribution is 2.41. The molecule has 2 amide bonds. The van der Waals surface area contributed by atoms with Gasteiger partial charge in [-0.3, -0.25) is 9.59 Å². The van der Waals surface area contributed by atoms with Gasteiger partial charge < -0.3 is 4.57 Å². The molecule has 0 radical (unpaired) electrons. The van der Waals surface area contributed by atoms with Crippen LogP contribution in [-0.2, 0) is 6.18 Å². The Morgan fingerprint density at radius 3 is 1.83 bits per heavy atom. The molecule has 0 unspecified atom stereocenters. The highest BCUT2D eigenvalue weighted by molar-refractivity contribution is 6.36. The second-order valence-electron chi connectivity index (χ2n) is 11.5. The van der Waals surface area contributed by atoms with Crippen molar-refractivity contribution in [2.45, 2.75) is 53.9 Å². The van der Waals surface area contributed by atoms with E-state index in [0.29, 0.717) is 27.8 Å². The molecule has 4 nitrogen and oxygen atoms in total. The fourth-order valence-corrected chi connectivity index (χ4v) is 5.59. The Morgan fingerprint density at radius 2 is 1.26 bits per heavy atom. The molecular weight excluding hydrogens is 606 g/mol. The van der Waals surface area contributed by atoms with Gasteiger partial charge in [-0.1, -0.05) is 53.6 Å². The number of nitrogens with zero attached hydrogens (tertiary/aromatic N) is 2. The monoisotopic (exact) mass is 638 g/mol. The third-order valence-electron chi connectivity index (χ3n) is 6.99. The number of rotatable bonds is 2. The Morgan fingerprint density at radius 1 is 0.717 bits per heavy atom. The van der Waals surface area contributed by atoms with Crippen molar-refractivity contribution in [2.75, 3.05) is 4.90 Å². The minimum absolute atomic E-state index is 0.173. The van der Waals surface area contributed by atoms with Crippen LogP contribution in [0.3, 0.4) is 0 Å². The third kappa shape index (κ3) is 6.85. The first-order valence-electron chi connectivity index (χ1n) is 14.2. The molecule has 1 aromatic heterocycles. The van der Waals surface area contributed by atoms with Crippen LogP contribution in [0.1, 0.15) is 63.7 Å². The van der Waals surface area contributed by atoms with Crippen LogP contribution in [0.25, 0.3) is 27.5 Å². The largest absolute Gasteiger partial charge is 0.416 e. The molecule has 0 spiro atoms. The molecule has 0 saturated heterocycles. The minimum atomic E-state index is -4.53. The number of benzene rings is 4. The molecule has 46 heavy (non-hydrogen) atoms. The van der Waals surface area contributed by atoms with Gasteiger partial charge in [-0.2, -0.15) is 26.3 Å². The summed E-state index contributed by atoms with van der Waals surface area (Å²) in [5.74, 6) is -0.947. The summed E-state index contributed by atoms with van der Waals surface area (Å²) in [6.07, 6.45) is -8.53.